The van der Waals surface area contributed by atoms with Gasteiger partial charge in [0.1, 0.15) is 5.75 Å². The minimum Gasteiger partial charge on any atom is -0.497 e. The number of halogens is 2. The molecule has 1 amide bonds. The summed E-state index contributed by atoms with van der Waals surface area (Å²) in [6.07, 6.45) is 0.0185. The topological polar surface area (TPSA) is 38.3 Å². The van der Waals surface area contributed by atoms with Crippen molar-refractivity contribution in [2.75, 3.05) is 13.7 Å². The lowest BCUT2D eigenvalue weighted by atomic mass is 10.2. The highest BCUT2D eigenvalue weighted by molar-refractivity contribution is 5.94. The van der Waals surface area contributed by atoms with E-state index in [1.165, 1.54) is 7.11 Å². The van der Waals surface area contributed by atoms with Gasteiger partial charge < -0.3 is 10.1 Å². The first-order chi connectivity index (χ1) is 8.42. The molecular formula is C13H17F2NO2. The Morgan fingerprint density at radius 2 is 2.17 bits per heavy atom. The second-order valence-electron chi connectivity index (χ2n) is 4.16. The van der Waals surface area contributed by atoms with E-state index in [0.29, 0.717) is 11.3 Å². The van der Waals surface area contributed by atoms with Crippen LogP contribution in [0.2, 0.25) is 0 Å². The first-order valence-corrected chi connectivity index (χ1v) is 5.72. The summed E-state index contributed by atoms with van der Waals surface area (Å²) in [7, 11) is 1.51. The Bertz CT molecular complexity index is 402. The molecule has 3 nitrogen and oxygen atoms in total. The van der Waals surface area contributed by atoms with Gasteiger partial charge in [0.05, 0.1) is 7.11 Å². The molecule has 0 radical (unpaired) electrons. The minimum atomic E-state index is -2.68. The third-order valence-electron chi connectivity index (χ3n) is 2.41. The van der Waals surface area contributed by atoms with Crippen LogP contribution in [0.25, 0.3) is 0 Å². The van der Waals surface area contributed by atoms with Gasteiger partial charge in [0, 0.05) is 18.5 Å². The quantitative estimate of drug-likeness (QED) is 0.796. The molecular weight excluding hydrogens is 240 g/mol. The van der Waals surface area contributed by atoms with Crippen molar-refractivity contribution in [1.82, 2.24) is 5.32 Å². The summed E-state index contributed by atoms with van der Waals surface area (Å²) in [5.74, 6) is -2.38. The maximum absolute atomic E-state index is 12.5. The summed E-state index contributed by atoms with van der Waals surface area (Å²) in [4.78, 5) is 11.7. The third kappa shape index (κ3) is 5.12. The van der Waals surface area contributed by atoms with Gasteiger partial charge in [-0.25, -0.2) is 8.78 Å². The Morgan fingerprint density at radius 1 is 1.44 bits per heavy atom. The van der Waals surface area contributed by atoms with Gasteiger partial charge >= 0.3 is 0 Å². The van der Waals surface area contributed by atoms with Crippen molar-refractivity contribution in [1.29, 1.82) is 0 Å². The molecule has 0 heterocycles. The van der Waals surface area contributed by atoms with Crippen LogP contribution in [0.1, 0.15) is 30.1 Å². The summed E-state index contributed by atoms with van der Waals surface area (Å²) in [5.41, 5.74) is 0.456. The second kappa shape index (κ2) is 6.33. The largest absolute Gasteiger partial charge is 0.497 e. The molecule has 1 aromatic rings. The van der Waals surface area contributed by atoms with Crippen LogP contribution in [0, 0.1) is 0 Å². The van der Waals surface area contributed by atoms with E-state index < -0.39 is 5.92 Å². The fourth-order valence-electron chi connectivity index (χ4n) is 1.47. The van der Waals surface area contributed by atoms with Crippen molar-refractivity contribution in [3.63, 3.8) is 0 Å². The Kier molecular flexibility index (Phi) is 5.07. The molecule has 0 unspecified atom stereocenters. The van der Waals surface area contributed by atoms with Gasteiger partial charge in [0.25, 0.3) is 5.91 Å². The molecule has 0 fully saturated rings. The van der Waals surface area contributed by atoms with Crippen LogP contribution in [-0.4, -0.2) is 25.5 Å². The van der Waals surface area contributed by atoms with Crippen LogP contribution in [0.5, 0.6) is 5.75 Å². The van der Waals surface area contributed by atoms with Crippen LogP contribution >= 0.6 is 0 Å². The van der Waals surface area contributed by atoms with E-state index in [9.17, 15) is 13.6 Å². The lowest BCUT2D eigenvalue weighted by Crippen LogP contribution is -2.25. The minimum absolute atomic E-state index is 0.231. The molecule has 1 N–H and O–H groups in total. The van der Waals surface area contributed by atoms with Gasteiger partial charge in [-0.15, -0.1) is 0 Å². The monoisotopic (exact) mass is 257 g/mol. The summed E-state index contributed by atoms with van der Waals surface area (Å²) in [6.45, 7) is 1.11. The van der Waals surface area contributed by atoms with Gasteiger partial charge in [-0.05, 0) is 31.5 Å². The molecule has 0 aromatic heterocycles. The maximum atomic E-state index is 12.5. The van der Waals surface area contributed by atoms with Crippen molar-refractivity contribution in [3.05, 3.63) is 29.8 Å². The number of alkyl halides is 2. The molecule has 0 saturated carbocycles. The molecule has 100 valence electrons. The van der Waals surface area contributed by atoms with E-state index in [1.54, 1.807) is 24.3 Å². The van der Waals surface area contributed by atoms with E-state index >= 15 is 0 Å². The molecule has 18 heavy (non-hydrogen) atoms. The van der Waals surface area contributed by atoms with Gasteiger partial charge in [-0.2, -0.15) is 0 Å². The number of hydrogen-bond acceptors (Lipinski definition) is 2. The molecule has 0 atom stereocenters. The number of carbonyl (C=O) groups excluding carboxylic acids is 1. The smallest absolute Gasteiger partial charge is 0.251 e. The van der Waals surface area contributed by atoms with Crippen molar-refractivity contribution in [2.45, 2.75) is 25.7 Å². The third-order valence-corrected chi connectivity index (χ3v) is 2.41. The molecule has 0 aliphatic carbocycles. The highest BCUT2D eigenvalue weighted by Gasteiger charge is 2.19. The fraction of sp³-hybridized carbons (Fsp3) is 0.462. The summed E-state index contributed by atoms with van der Waals surface area (Å²) in [6, 6.07) is 6.68. The normalized spacial score (nSPS) is 11.1. The van der Waals surface area contributed by atoms with Crippen LogP contribution in [-0.2, 0) is 0 Å². The Labute approximate surface area is 105 Å². The van der Waals surface area contributed by atoms with E-state index in [2.05, 4.69) is 5.32 Å². The zero-order valence-electron chi connectivity index (χ0n) is 10.5. The summed E-state index contributed by atoms with van der Waals surface area (Å²) < 4.78 is 30.1. The summed E-state index contributed by atoms with van der Waals surface area (Å²) in [5, 5.41) is 2.60. The van der Waals surface area contributed by atoms with Crippen LogP contribution in [0.15, 0.2) is 24.3 Å². The zero-order chi connectivity index (χ0) is 13.6. The summed E-state index contributed by atoms with van der Waals surface area (Å²) >= 11 is 0. The lowest BCUT2D eigenvalue weighted by molar-refractivity contribution is 0.0110. The second-order valence-corrected chi connectivity index (χ2v) is 4.16. The number of ether oxygens (including phenoxy) is 1. The van der Waals surface area contributed by atoms with Crippen LogP contribution in [0.4, 0.5) is 8.78 Å². The van der Waals surface area contributed by atoms with Crippen LogP contribution < -0.4 is 10.1 Å². The van der Waals surface area contributed by atoms with Gasteiger partial charge in [-0.3, -0.25) is 4.79 Å². The average molecular weight is 257 g/mol. The molecule has 5 heteroatoms. The van der Waals surface area contributed by atoms with Crippen molar-refractivity contribution < 1.29 is 18.3 Å². The Morgan fingerprint density at radius 3 is 2.78 bits per heavy atom. The maximum Gasteiger partial charge on any atom is 0.251 e. The highest BCUT2D eigenvalue weighted by Crippen LogP contribution is 2.18. The van der Waals surface area contributed by atoms with Crippen molar-refractivity contribution in [3.8, 4) is 5.75 Å². The fourth-order valence-corrected chi connectivity index (χ4v) is 1.47. The molecule has 1 aromatic carbocycles. The predicted octanol–water partition coefficient (Wildman–Crippen LogP) is 2.86. The standard InChI is InChI=1S/C13H17F2NO2/c1-13(14,15)7-4-8-16-12(17)10-5-3-6-11(9-10)18-2/h3,5-6,9H,4,7-8H2,1-2H3,(H,16,17). The average Bonchev–Trinajstić information content (AvgIpc) is 2.33. The van der Waals surface area contributed by atoms with Crippen LogP contribution in [0.3, 0.4) is 0 Å². The number of hydrogen-bond donors (Lipinski definition) is 1. The lowest BCUT2D eigenvalue weighted by Gasteiger charge is -2.10. The molecule has 0 saturated heterocycles. The number of methoxy groups -OCH3 is 1. The van der Waals surface area contributed by atoms with Crippen molar-refractivity contribution >= 4 is 5.91 Å². The van der Waals surface area contributed by atoms with Gasteiger partial charge in [0.15, 0.2) is 0 Å². The van der Waals surface area contributed by atoms with E-state index in [-0.39, 0.29) is 25.3 Å². The van der Waals surface area contributed by atoms with E-state index in [1.807, 2.05) is 0 Å². The molecule has 0 aliphatic rings. The first-order valence-electron chi connectivity index (χ1n) is 5.72. The van der Waals surface area contributed by atoms with E-state index in [4.69, 9.17) is 4.74 Å². The highest BCUT2D eigenvalue weighted by atomic mass is 19.3. The number of amides is 1. The molecule has 0 aliphatic heterocycles. The van der Waals surface area contributed by atoms with Gasteiger partial charge in [-0.1, -0.05) is 6.07 Å². The predicted molar refractivity (Wildman–Crippen MR) is 65.2 cm³/mol. The molecule has 0 spiro atoms. The van der Waals surface area contributed by atoms with Gasteiger partial charge in [0.2, 0.25) is 5.92 Å². The van der Waals surface area contributed by atoms with E-state index in [0.717, 1.165) is 6.92 Å². The number of benzene rings is 1. The first kappa shape index (κ1) is 14.4. The zero-order valence-corrected chi connectivity index (χ0v) is 10.5. The Balaban J connectivity index is 2.41. The molecule has 1 rings (SSSR count). The number of rotatable bonds is 6. The Hall–Kier alpha value is -1.65. The number of nitrogens with one attached hydrogen (secondary N) is 1. The van der Waals surface area contributed by atoms with Crippen molar-refractivity contribution in [2.24, 2.45) is 0 Å². The molecule has 0 bridgehead atoms. The SMILES string of the molecule is COc1cccc(C(=O)NCCCC(C)(F)F)c1. The number of carbonyl (C=O) groups is 1.